The molecule has 0 aliphatic heterocycles. The molecule has 9 nitrogen and oxygen atoms in total. The van der Waals surface area contributed by atoms with Crippen LogP contribution in [-0.4, -0.2) is 54.3 Å². The van der Waals surface area contributed by atoms with Crippen molar-refractivity contribution >= 4 is 19.7 Å². The number of carbonyl (C=O) groups excluding carboxylic acids is 2. The van der Waals surface area contributed by atoms with Crippen molar-refractivity contribution in [2.45, 2.75) is 174 Å². The number of carbonyl (C=O) groups is 2. The SMILES string of the molecule is CC/C=C\C/C=C\C/C=C\C/C=C\C/C=C\C/C=C\CCCCCCC(=O)NCCOP(=O)(O)OCC(O)COC(=O)CCCCC/C=C\C/C=C\C/C=C\C/C=C\CCCCC. The third-order valence-corrected chi connectivity index (χ3v) is 10.4. The summed E-state index contributed by atoms with van der Waals surface area (Å²) >= 11 is 0. The largest absolute Gasteiger partial charge is 0.472 e. The summed E-state index contributed by atoms with van der Waals surface area (Å²) in [6.07, 6.45) is 65.6. The van der Waals surface area contributed by atoms with Gasteiger partial charge < -0.3 is 20.1 Å². The van der Waals surface area contributed by atoms with E-state index in [2.05, 4.69) is 141 Å². The zero-order chi connectivity index (χ0) is 46.0. The Labute approximate surface area is 383 Å². The van der Waals surface area contributed by atoms with Gasteiger partial charge in [0.1, 0.15) is 12.7 Å². The van der Waals surface area contributed by atoms with Crippen molar-refractivity contribution in [3.8, 4) is 0 Å². The van der Waals surface area contributed by atoms with Crippen LogP contribution in [0.4, 0.5) is 0 Å². The first-order valence-electron chi connectivity index (χ1n) is 24.0. The Balaban J connectivity index is 3.72. The molecule has 63 heavy (non-hydrogen) atoms. The quantitative estimate of drug-likeness (QED) is 0.0239. The first-order chi connectivity index (χ1) is 30.8. The summed E-state index contributed by atoms with van der Waals surface area (Å²) in [6.45, 7) is 3.32. The van der Waals surface area contributed by atoms with Crippen LogP contribution in [0.5, 0.6) is 0 Å². The summed E-state index contributed by atoms with van der Waals surface area (Å²) in [5.74, 6) is -0.583. The number of rotatable bonds is 43. The van der Waals surface area contributed by atoms with E-state index in [0.29, 0.717) is 12.8 Å². The molecule has 2 unspecified atom stereocenters. The second-order valence-electron chi connectivity index (χ2n) is 15.3. The van der Waals surface area contributed by atoms with E-state index in [-0.39, 0.29) is 32.1 Å². The van der Waals surface area contributed by atoms with Crippen LogP contribution in [0, 0.1) is 0 Å². The molecule has 0 aromatic rings. The summed E-state index contributed by atoms with van der Waals surface area (Å²) in [7, 11) is -4.45. The molecule has 0 bridgehead atoms. The van der Waals surface area contributed by atoms with Crippen LogP contribution in [0.15, 0.2) is 122 Å². The van der Waals surface area contributed by atoms with E-state index >= 15 is 0 Å². The number of aliphatic hydroxyl groups is 1. The maximum atomic E-state index is 12.1. The molecule has 0 aromatic carbocycles. The molecule has 0 saturated heterocycles. The summed E-state index contributed by atoms with van der Waals surface area (Å²) in [6, 6.07) is 0. The fraction of sp³-hybridized carbons (Fsp3) is 0.585. The molecule has 0 saturated carbocycles. The standard InChI is InChI=1S/C53H86NO8P/c1-3-5-7-9-11-13-15-17-19-21-23-24-25-26-28-29-31-33-35-37-39-41-43-45-52(56)54-47-48-61-63(58,59)62-50-51(55)49-60-53(57)46-44-42-40-38-36-34-32-30-27-22-20-18-16-14-12-10-8-6-4-2/h5,7,11-14,17-20,23-24,26-28,30-31,33-34,36,51,55H,3-4,6,8-10,15-16,21-22,25,29,32,35,37-50H2,1-2H3,(H,54,56)(H,58,59)/b7-5-,13-11-,14-12-,19-17-,20-18-,24-23-,28-26-,30-27-,33-31-,36-34-. The molecule has 0 radical (unpaired) electrons. The van der Waals surface area contributed by atoms with E-state index in [1.165, 1.54) is 25.7 Å². The molecule has 1 amide bonds. The second-order valence-corrected chi connectivity index (χ2v) is 16.8. The summed E-state index contributed by atoms with van der Waals surface area (Å²) in [5.41, 5.74) is 0. The van der Waals surface area contributed by atoms with Gasteiger partial charge >= 0.3 is 13.8 Å². The van der Waals surface area contributed by atoms with Crippen LogP contribution in [-0.2, 0) is 27.9 Å². The Kier molecular flexibility index (Phi) is 45.2. The molecule has 0 rings (SSSR count). The van der Waals surface area contributed by atoms with E-state index < -0.39 is 26.5 Å². The number of aliphatic hydroxyl groups excluding tert-OH is 1. The smallest absolute Gasteiger partial charge is 0.463 e. The first kappa shape index (κ1) is 59.4. The highest BCUT2D eigenvalue weighted by Crippen LogP contribution is 2.42. The first-order valence-corrected chi connectivity index (χ1v) is 25.5. The van der Waals surface area contributed by atoms with E-state index in [0.717, 1.165) is 109 Å². The maximum Gasteiger partial charge on any atom is 0.472 e. The Morgan fingerprint density at radius 2 is 0.905 bits per heavy atom. The lowest BCUT2D eigenvalue weighted by Gasteiger charge is -2.15. The van der Waals surface area contributed by atoms with Crippen molar-refractivity contribution in [3.63, 3.8) is 0 Å². The van der Waals surface area contributed by atoms with E-state index in [9.17, 15) is 24.2 Å². The molecule has 0 aliphatic rings. The minimum absolute atomic E-state index is 0.0547. The number of esters is 1. The minimum atomic E-state index is -4.45. The van der Waals surface area contributed by atoms with Gasteiger partial charge in [-0.1, -0.05) is 167 Å². The molecule has 356 valence electrons. The van der Waals surface area contributed by atoms with Gasteiger partial charge in [-0.2, -0.15) is 0 Å². The fourth-order valence-corrected chi connectivity index (χ4v) is 6.53. The molecule has 3 N–H and O–H groups in total. The molecule has 0 spiro atoms. The lowest BCUT2D eigenvalue weighted by atomic mass is 10.1. The molecule has 0 aliphatic carbocycles. The summed E-state index contributed by atoms with van der Waals surface area (Å²) < 4.78 is 26.9. The van der Waals surface area contributed by atoms with E-state index in [1.807, 2.05) is 0 Å². The van der Waals surface area contributed by atoms with Crippen LogP contribution >= 0.6 is 7.82 Å². The predicted molar refractivity (Wildman–Crippen MR) is 265 cm³/mol. The van der Waals surface area contributed by atoms with Crippen LogP contribution in [0.2, 0.25) is 0 Å². The number of phosphoric ester groups is 1. The number of hydrogen-bond donors (Lipinski definition) is 3. The fourth-order valence-electron chi connectivity index (χ4n) is 5.78. The lowest BCUT2D eigenvalue weighted by molar-refractivity contribution is -0.147. The zero-order valence-corrected chi connectivity index (χ0v) is 40.1. The minimum Gasteiger partial charge on any atom is -0.463 e. The number of ether oxygens (including phenoxy) is 1. The van der Waals surface area contributed by atoms with Gasteiger partial charge in [0.05, 0.1) is 13.2 Å². The third-order valence-electron chi connectivity index (χ3n) is 9.38. The van der Waals surface area contributed by atoms with Crippen molar-refractivity contribution in [1.29, 1.82) is 0 Å². The normalized spacial score (nSPS) is 14.3. The number of nitrogens with one attached hydrogen (secondary N) is 1. The highest BCUT2D eigenvalue weighted by molar-refractivity contribution is 7.47. The van der Waals surface area contributed by atoms with Crippen molar-refractivity contribution in [2.75, 3.05) is 26.4 Å². The molecule has 0 heterocycles. The second kappa shape index (κ2) is 47.9. The van der Waals surface area contributed by atoms with Gasteiger partial charge in [0.15, 0.2) is 0 Å². The lowest BCUT2D eigenvalue weighted by Crippen LogP contribution is -2.27. The molecule has 0 fully saturated rings. The van der Waals surface area contributed by atoms with Gasteiger partial charge in [-0.3, -0.25) is 18.6 Å². The number of allylic oxidation sites excluding steroid dienone is 20. The van der Waals surface area contributed by atoms with Gasteiger partial charge in [0, 0.05) is 19.4 Å². The summed E-state index contributed by atoms with van der Waals surface area (Å²) in [5, 5.41) is 12.7. The summed E-state index contributed by atoms with van der Waals surface area (Å²) in [4.78, 5) is 34.0. The monoisotopic (exact) mass is 896 g/mol. The molecular weight excluding hydrogens is 810 g/mol. The molecule has 2 atom stereocenters. The van der Waals surface area contributed by atoms with Crippen LogP contribution in [0.1, 0.15) is 168 Å². The number of amides is 1. The zero-order valence-electron chi connectivity index (χ0n) is 39.2. The highest BCUT2D eigenvalue weighted by atomic mass is 31.2. The Morgan fingerprint density at radius 3 is 1.37 bits per heavy atom. The Bertz CT molecular complexity index is 1440. The number of unbranched alkanes of at least 4 members (excludes halogenated alkanes) is 10. The average molecular weight is 896 g/mol. The van der Waals surface area contributed by atoms with E-state index in [1.54, 1.807) is 0 Å². The Hall–Kier alpha value is -3.59. The van der Waals surface area contributed by atoms with Gasteiger partial charge in [-0.25, -0.2) is 4.57 Å². The molecular formula is C53H86NO8P. The van der Waals surface area contributed by atoms with E-state index in [4.69, 9.17) is 13.8 Å². The predicted octanol–water partition coefficient (Wildman–Crippen LogP) is 14.1. The molecule has 10 heteroatoms. The number of phosphoric acid groups is 1. The van der Waals surface area contributed by atoms with Crippen molar-refractivity contribution in [2.24, 2.45) is 0 Å². The van der Waals surface area contributed by atoms with Crippen molar-refractivity contribution in [1.82, 2.24) is 5.32 Å². The van der Waals surface area contributed by atoms with Crippen LogP contribution < -0.4 is 5.32 Å². The van der Waals surface area contributed by atoms with Gasteiger partial charge in [0.25, 0.3) is 0 Å². The maximum absolute atomic E-state index is 12.1. The van der Waals surface area contributed by atoms with Gasteiger partial charge in [0.2, 0.25) is 5.91 Å². The number of hydrogen-bond acceptors (Lipinski definition) is 7. The van der Waals surface area contributed by atoms with Crippen molar-refractivity contribution < 1.29 is 37.9 Å². The van der Waals surface area contributed by atoms with Gasteiger partial charge in [-0.05, 0) is 109 Å². The third kappa shape index (κ3) is 49.3. The topological polar surface area (TPSA) is 131 Å². The Morgan fingerprint density at radius 1 is 0.508 bits per heavy atom. The molecule has 0 aromatic heterocycles. The van der Waals surface area contributed by atoms with Gasteiger partial charge in [-0.15, -0.1) is 0 Å². The highest BCUT2D eigenvalue weighted by Gasteiger charge is 2.23. The average Bonchev–Trinajstić information content (AvgIpc) is 3.27. The van der Waals surface area contributed by atoms with Crippen LogP contribution in [0.3, 0.4) is 0 Å². The van der Waals surface area contributed by atoms with Crippen molar-refractivity contribution in [3.05, 3.63) is 122 Å². The van der Waals surface area contributed by atoms with Crippen LogP contribution in [0.25, 0.3) is 0 Å².